The van der Waals surface area contributed by atoms with Crippen molar-refractivity contribution in [2.24, 2.45) is 0 Å². The molecule has 1 aliphatic heterocycles. The maximum atomic E-state index is 12.3. The van der Waals surface area contributed by atoms with Crippen LogP contribution in [0.5, 0.6) is 11.5 Å². The molecule has 1 aromatic carbocycles. The number of amides is 1. The van der Waals surface area contributed by atoms with Gasteiger partial charge < -0.3 is 14.4 Å². The van der Waals surface area contributed by atoms with Gasteiger partial charge in [0.15, 0.2) is 11.5 Å². The highest BCUT2D eigenvalue weighted by Crippen LogP contribution is 2.49. The summed E-state index contributed by atoms with van der Waals surface area (Å²) in [6.07, 6.45) is 2.14. The molecule has 1 saturated carbocycles. The minimum Gasteiger partial charge on any atom is -0.493 e. The SMILES string of the molecule is COc1ccc([C@@]23CCC(=O)C[C@@H]2N(C)C(=O)C3)cc1OC. The molecule has 1 saturated heterocycles. The molecule has 118 valence electrons. The van der Waals surface area contributed by atoms with E-state index in [0.717, 1.165) is 5.56 Å². The first kappa shape index (κ1) is 14.9. The van der Waals surface area contributed by atoms with Crippen molar-refractivity contribution in [1.29, 1.82) is 0 Å². The van der Waals surface area contributed by atoms with Crippen LogP contribution in [0.15, 0.2) is 18.2 Å². The number of benzene rings is 1. The van der Waals surface area contributed by atoms with E-state index >= 15 is 0 Å². The molecule has 0 unspecified atom stereocenters. The minimum absolute atomic E-state index is 0.0562. The fourth-order valence-electron chi connectivity index (χ4n) is 3.91. The van der Waals surface area contributed by atoms with Gasteiger partial charge in [-0.3, -0.25) is 9.59 Å². The summed E-state index contributed by atoms with van der Waals surface area (Å²) in [5.74, 6) is 1.67. The zero-order chi connectivity index (χ0) is 15.9. The molecule has 3 rings (SSSR count). The van der Waals surface area contributed by atoms with Gasteiger partial charge >= 0.3 is 0 Å². The lowest BCUT2D eigenvalue weighted by atomic mass is 9.66. The van der Waals surface area contributed by atoms with Gasteiger partial charge in [0.2, 0.25) is 5.91 Å². The third-order valence-corrected chi connectivity index (χ3v) is 5.19. The van der Waals surface area contributed by atoms with E-state index in [9.17, 15) is 9.59 Å². The number of rotatable bonds is 3. The summed E-state index contributed by atoms with van der Waals surface area (Å²) in [7, 11) is 5.01. The van der Waals surface area contributed by atoms with Crippen LogP contribution < -0.4 is 9.47 Å². The third kappa shape index (κ3) is 2.07. The molecule has 0 spiro atoms. The van der Waals surface area contributed by atoms with Crippen molar-refractivity contribution in [2.45, 2.75) is 37.1 Å². The Morgan fingerprint density at radius 3 is 2.59 bits per heavy atom. The number of fused-ring (bicyclic) bond motifs is 1. The fourth-order valence-corrected chi connectivity index (χ4v) is 3.91. The zero-order valence-electron chi connectivity index (χ0n) is 13.2. The third-order valence-electron chi connectivity index (χ3n) is 5.19. The molecule has 22 heavy (non-hydrogen) atoms. The van der Waals surface area contributed by atoms with Gasteiger partial charge in [-0.1, -0.05) is 6.07 Å². The number of methoxy groups -OCH3 is 2. The number of ether oxygens (including phenoxy) is 2. The van der Waals surface area contributed by atoms with E-state index in [1.807, 2.05) is 18.2 Å². The number of Topliss-reactive ketones (excluding diaryl/α,β-unsaturated/α-hetero) is 1. The summed E-state index contributed by atoms with van der Waals surface area (Å²) in [6.45, 7) is 0. The van der Waals surface area contributed by atoms with E-state index < -0.39 is 0 Å². The Kier molecular flexibility index (Phi) is 3.59. The molecule has 1 heterocycles. The second-order valence-corrected chi connectivity index (χ2v) is 6.17. The van der Waals surface area contributed by atoms with Gasteiger partial charge in [-0.05, 0) is 24.1 Å². The standard InChI is InChI=1S/C17H21NO4/c1-18-15-9-12(19)6-7-17(15,10-16(18)20)11-4-5-13(21-2)14(8-11)22-3/h4-5,8,15H,6-7,9-10H2,1-3H3/t15-,17-/m0/s1. The highest BCUT2D eigenvalue weighted by Gasteiger charge is 2.54. The predicted octanol–water partition coefficient (Wildman–Crippen LogP) is 1.93. The van der Waals surface area contributed by atoms with Crippen LogP contribution in [0.1, 0.15) is 31.2 Å². The van der Waals surface area contributed by atoms with Gasteiger partial charge in [-0.15, -0.1) is 0 Å². The van der Waals surface area contributed by atoms with E-state index in [1.54, 1.807) is 26.2 Å². The van der Waals surface area contributed by atoms with Crippen molar-refractivity contribution in [2.75, 3.05) is 21.3 Å². The molecular formula is C17H21NO4. The normalized spacial score (nSPS) is 27.8. The molecular weight excluding hydrogens is 282 g/mol. The summed E-state index contributed by atoms with van der Waals surface area (Å²) >= 11 is 0. The van der Waals surface area contributed by atoms with Gasteiger partial charge in [-0.25, -0.2) is 0 Å². The van der Waals surface area contributed by atoms with E-state index in [4.69, 9.17) is 9.47 Å². The molecule has 0 radical (unpaired) electrons. The van der Waals surface area contributed by atoms with Gasteiger partial charge in [0, 0.05) is 37.8 Å². The van der Waals surface area contributed by atoms with Crippen LogP contribution in [0, 0.1) is 0 Å². The van der Waals surface area contributed by atoms with Crippen molar-refractivity contribution in [1.82, 2.24) is 4.90 Å². The average molecular weight is 303 g/mol. The number of likely N-dealkylation sites (tertiary alicyclic amines) is 1. The number of ketones is 1. The first-order chi connectivity index (χ1) is 10.5. The van der Waals surface area contributed by atoms with Crippen LogP contribution in [0.2, 0.25) is 0 Å². The van der Waals surface area contributed by atoms with Crippen molar-refractivity contribution in [3.8, 4) is 11.5 Å². The van der Waals surface area contributed by atoms with Gasteiger partial charge in [0.05, 0.1) is 14.2 Å². The van der Waals surface area contributed by atoms with Crippen LogP contribution >= 0.6 is 0 Å². The smallest absolute Gasteiger partial charge is 0.223 e. The summed E-state index contributed by atoms with van der Waals surface area (Å²) < 4.78 is 10.7. The maximum Gasteiger partial charge on any atom is 0.223 e. The number of hydrogen-bond acceptors (Lipinski definition) is 4. The topological polar surface area (TPSA) is 55.8 Å². The van der Waals surface area contributed by atoms with E-state index in [2.05, 4.69) is 0 Å². The van der Waals surface area contributed by atoms with Crippen LogP contribution in [-0.2, 0) is 15.0 Å². The Morgan fingerprint density at radius 2 is 1.91 bits per heavy atom. The molecule has 1 aromatic rings. The molecule has 0 bridgehead atoms. The zero-order valence-corrected chi connectivity index (χ0v) is 13.2. The second-order valence-electron chi connectivity index (χ2n) is 6.17. The number of hydrogen-bond donors (Lipinski definition) is 0. The van der Waals surface area contributed by atoms with Crippen LogP contribution in [0.3, 0.4) is 0 Å². The molecule has 0 aromatic heterocycles. The highest BCUT2D eigenvalue weighted by atomic mass is 16.5. The molecule has 2 aliphatic rings. The van der Waals surface area contributed by atoms with Gasteiger partial charge in [0.1, 0.15) is 5.78 Å². The largest absolute Gasteiger partial charge is 0.493 e. The number of likely N-dealkylation sites (N-methyl/N-ethyl adjacent to an activating group) is 1. The fraction of sp³-hybridized carbons (Fsp3) is 0.529. The van der Waals surface area contributed by atoms with E-state index in [1.165, 1.54) is 0 Å². The minimum atomic E-state index is -0.292. The Balaban J connectivity index is 2.08. The Morgan fingerprint density at radius 1 is 1.18 bits per heavy atom. The van der Waals surface area contributed by atoms with Crippen molar-refractivity contribution in [3.05, 3.63) is 23.8 Å². The molecule has 2 fully saturated rings. The lowest BCUT2D eigenvalue weighted by molar-refractivity contribution is -0.128. The Bertz CT molecular complexity index is 627. The molecule has 0 N–H and O–H groups in total. The number of carbonyl (C=O) groups excluding carboxylic acids is 2. The van der Waals surface area contributed by atoms with Crippen LogP contribution in [0.25, 0.3) is 0 Å². The monoisotopic (exact) mass is 303 g/mol. The predicted molar refractivity (Wildman–Crippen MR) is 81.3 cm³/mol. The summed E-state index contributed by atoms with van der Waals surface area (Å²) in [5, 5.41) is 0. The summed E-state index contributed by atoms with van der Waals surface area (Å²) in [5.41, 5.74) is 0.764. The van der Waals surface area contributed by atoms with Crippen molar-refractivity contribution < 1.29 is 19.1 Å². The quantitative estimate of drug-likeness (QED) is 0.856. The maximum absolute atomic E-state index is 12.3. The van der Waals surface area contributed by atoms with Gasteiger partial charge in [-0.2, -0.15) is 0 Å². The lowest BCUT2D eigenvalue weighted by Crippen LogP contribution is -2.46. The van der Waals surface area contributed by atoms with E-state index in [-0.39, 0.29) is 23.1 Å². The summed E-state index contributed by atoms with van der Waals surface area (Å²) in [4.78, 5) is 25.9. The molecule has 1 amide bonds. The first-order valence-electron chi connectivity index (χ1n) is 7.51. The van der Waals surface area contributed by atoms with Crippen molar-refractivity contribution in [3.63, 3.8) is 0 Å². The Labute approximate surface area is 130 Å². The molecule has 5 nitrogen and oxygen atoms in total. The lowest BCUT2D eigenvalue weighted by Gasteiger charge is -2.40. The second kappa shape index (κ2) is 5.30. The molecule has 5 heteroatoms. The first-order valence-corrected chi connectivity index (χ1v) is 7.51. The van der Waals surface area contributed by atoms with E-state index in [0.29, 0.717) is 37.2 Å². The summed E-state index contributed by atoms with van der Waals surface area (Å²) in [6, 6.07) is 5.77. The molecule has 2 atom stereocenters. The number of nitrogens with zero attached hydrogens (tertiary/aromatic N) is 1. The Hall–Kier alpha value is -2.04. The van der Waals surface area contributed by atoms with Crippen LogP contribution in [0.4, 0.5) is 0 Å². The van der Waals surface area contributed by atoms with Crippen LogP contribution in [-0.4, -0.2) is 43.9 Å². The number of carbonyl (C=O) groups is 2. The average Bonchev–Trinajstić information content (AvgIpc) is 2.79. The van der Waals surface area contributed by atoms with Crippen molar-refractivity contribution >= 4 is 11.7 Å². The highest BCUT2D eigenvalue weighted by molar-refractivity contribution is 5.87. The molecule has 1 aliphatic carbocycles. The van der Waals surface area contributed by atoms with Gasteiger partial charge in [0.25, 0.3) is 0 Å².